The van der Waals surface area contributed by atoms with E-state index in [9.17, 15) is 4.79 Å². The van der Waals surface area contributed by atoms with Crippen LogP contribution in [0.25, 0.3) is 0 Å². The van der Waals surface area contributed by atoms with E-state index in [2.05, 4.69) is 29.0 Å². The molecule has 1 aromatic carbocycles. The summed E-state index contributed by atoms with van der Waals surface area (Å²) in [6.45, 7) is 3.82. The molecule has 0 fully saturated rings. The van der Waals surface area contributed by atoms with E-state index in [0.29, 0.717) is 29.3 Å². The predicted octanol–water partition coefficient (Wildman–Crippen LogP) is 2.21. The van der Waals surface area contributed by atoms with Crippen LogP contribution in [0.2, 0.25) is 0 Å². The van der Waals surface area contributed by atoms with Gasteiger partial charge >= 0.3 is 0 Å². The van der Waals surface area contributed by atoms with Crippen molar-refractivity contribution < 1.29 is 5.11 Å². The number of thioether (sulfide) groups is 1. The van der Waals surface area contributed by atoms with Crippen molar-refractivity contribution in [3.8, 4) is 0 Å². The number of aromatic nitrogens is 2. The standard InChI is InChI=1S/C15H18N2O2S/c1-10-4-3-5-12(8-10)20-9-14-16-11(2)13(6-7-18)15(19)17-14/h3-5,8,18H,6-7,9H2,1-2H3,(H,16,17,19). The van der Waals surface area contributed by atoms with Gasteiger partial charge in [0, 0.05) is 29.2 Å². The highest BCUT2D eigenvalue weighted by atomic mass is 32.2. The van der Waals surface area contributed by atoms with Crippen LogP contribution < -0.4 is 5.56 Å². The Hall–Kier alpha value is -1.59. The van der Waals surface area contributed by atoms with Crippen molar-refractivity contribution in [3.05, 3.63) is 57.3 Å². The molecule has 0 atom stereocenters. The molecule has 1 heterocycles. The zero-order chi connectivity index (χ0) is 14.5. The average Bonchev–Trinajstić information content (AvgIpc) is 2.41. The van der Waals surface area contributed by atoms with E-state index < -0.39 is 0 Å². The number of H-pyrrole nitrogens is 1. The SMILES string of the molecule is Cc1cccc(SCc2nc(C)c(CCO)c(=O)[nH]2)c1. The summed E-state index contributed by atoms with van der Waals surface area (Å²) in [7, 11) is 0. The van der Waals surface area contributed by atoms with Crippen LogP contribution in [0, 0.1) is 13.8 Å². The third kappa shape index (κ3) is 3.71. The minimum Gasteiger partial charge on any atom is -0.396 e. The summed E-state index contributed by atoms with van der Waals surface area (Å²) in [4.78, 5) is 20.2. The van der Waals surface area contributed by atoms with Gasteiger partial charge in [-0.1, -0.05) is 17.7 Å². The number of rotatable bonds is 5. The fourth-order valence-corrected chi connectivity index (χ4v) is 2.88. The van der Waals surface area contributed by atoms with Gasteiger partial charge in [0.05, 0.1) is 5.75 Å². The Morgan fingerprint density at radius 3 is 2.80 bits per heavy atom. The van der Waals surface area contributed by atoms with Crippen LogP contribution in [0.1, 0.15) is 22.6 Å². The number of aliphatic hydroxyl groups excluding tert-OH is 1. The van der Waals surface area contributed by atoms with Crippen LogP contribution in [0.4, 0.5) is 0 Å². The second-order valence-corrected chi connectivity index (χ2v) is 5.70. The number of nitrogens with one attached hydrogen (secondary N) is 1. The molecule has 20 heavy (non-hydrogen) atoms. The smallest absolute Gasteiger partial charge is 0.254 e. The predicted molar refractivity (Wildman–Crippen MR) is 81.1 cm³/mol. The van der Waals surface area contributed by atoms with Gasteiger partial charge in [0.15, 0.2) is 0 Å². The molecule has 0 aliphatic rings. The minimum absolute atomic E-state index is 0.0387. The van der Waals surface area contributed by atoms with Gasteiger partial charge in [-0.25, -0.2) is 4.98 Å². The van der Waals surface area contributed by atoms with Gasteiger partial charge in [-0.3, -0.25) is 4.79 Å². The molecule has 4 nitrogen and oxygen atoms in total. The quantitative estimate of drug-likeness (QED) is 0.829. The van der Waals surface area contributed by atoms with E-state index in [1.165, 1.54) is 5.56 Å². The number of aryl methyl sites for hydroxylation is 2. The number of nitrogens with zero attached hydrogens (tertiary/aromatic N) is 1. The molecule has 0 bridgehead atoms. The number of benzene rings is 1. The average molecular weight is 290 g/mol. The van der Waals surface area contributed by atoms with Crippen LogP contribution in [-0.4, -0.2) is 21.7 Å². The second kappa shape index (κ2) is 6.72. The van der Waals surface area contributed by atoms with E-state index >= 15 is 0 Å². The minimum atomic E-state index is -0.147. The maximum absolute atomic E-state index is 11.9. The molecule has 0 aliphatic carbocycles. The Balaban J connectivity index is 2.13. The molecule has 0 aliphatic heterocycles. The maximum atomic E-state index is 11.9. The highest BCUT2D eigenvalue weighted by Crippen LogP contribution is 2.21. The van der Waals surface area contributed by atoms with Gasteiger partial charge in [0.25, 0.3) is 5.56 Å². The fourth-order valence-electron chi connectivity index (χ4n) is 2.00. The van der Waals surface area contributed by atoms with Crippen molar-refractivity contribution in [3.63, 3.8) is 0 Å². The summed E-state index contributed by atoms with van der Waals surface area (Å²) in [5, 5.41) is 8.93. The lowest BCUT2D eigenvalue weighted by Gasteiger charge is -2.06. The van der Waals surface area contributed by atoms with Crippen molar-refractivity contribution in [1.29, 1.82) is 0 Å². The highest BCUT2D eigenvalue weighted by molar-refractivity contribution is 7.98. The zero-order valence-electron chi connectivity index (χ0n) is 11.6. The molecule has 2 N–H and O–H groups in total. The molecule has 0 saturated carbocycles. The fraction of sp³-hybridized carbons (Fsp3) is 0.333. The summed E-state index contributed by atoms with van der Waals surface area (Å²) < 4.78 is 0. The van der Waals surface area contributed by atoms with E-state index in [1.54, 1.807) is 18.7 Å². The third-order valence-corrected chi connectivity index (χ3v) is 4.00. The first kappa shape index (κ1) is 14.8. The molecule has 0 amide bonds. The lowest BCUT2D eigenvalue weighted by atomic mass is 10.2. The monoisotopic (exact) mass is 290 g/mol. The largest absolute Gasteiger partial charge is 0.396 e. The molecule has 2 rings (SSSR count). The summed E-state index contributed by atoms with van der Waals surface area (Å²) in [5.41, 5.74) is 2.33. The zero-order valence-corrected chi connectivity index (χ0v) is 12.5. The number of aliphatic hydroxyl groups is 1. The Morgan fingerprint density at radius 1 is 1.35 bits per heavy atom. The third-order valence-electron chi connectivity index (χ3n) is 3.00. The van der Waals surface area contributed by atoms with Gasteiger partial charge < -0.3 is 10.1 Å². The number of hydrogen-bond acceptors (Lipinski definition) is 4. The molecule has 0 spiro atoms. The first-order valence-corrected chi connectivity index (χ1v) is 7.47. The van der Waals surface area contributed by atoms with Crippen LogP contribution in [-0.2, 0) is 12.2 Å². The molecule has 0 radical (unpaired) electrons. The molecular formula is C15H18N2O2S. The first-order chi connectivity index (χ1) is 9.60. The second-order valence-electron chi connectivity index (χ2n) is 4.66. The van der Waals surface area contributed by atoms with E-state index in [4.69, 9.17) is 5.11 Å². The van der Waals surface area contributed by atoms with Crippen molar-refractivity contribution in [2.75, 3.05) is 6.61 Å². The maximum Gasteiger partial charge on any atom is 0.254 e. The topological polar surface area (TPSA) is 66.0 Å². The van der Waals surface area contributed by atoms with Gasteiger partial charge in [-0.15, -0.1) is 11.8 Å². The normalized spacial score (nSPS) is 10.8. The van der Waals surface area contributed by atoms with Crippen LogP contribution >= 0.6 is 11.8 Å². The van der Waals surface area contributed by atoms with E-state index in [0.717, 1.165) is 4.90 Å². The van der Waals surface area contributed by atoms with Crippen molar-refractivity contribution in [2.24, 2.45) is 0 Å². The van der Waals surface area contributed by atoms with Gasteiger partial charge in [0.1, 0.15) is 5.82 Å². The molecular weight excluding hydrogens is 272 g/mol. The van der Waals surface area contributed by atoms with E-state index in [-0.39, 0.29) is 12.2 Å². The van der Waals surface area contributed by atoms with Crippen molar-refractivity contribution in [2.45, 2.75) is 30.9 Å². The molecule has 1 aromatic heterocycles. The summed E-state index contributed by atoms with van der Waals surface area (Å²) >= 11 is 1.64. The van der Waals surface area contributed by atoms with Crippen LogP contribution in [0.3, 0.4) is 0 Å². The lowest BCUT2D eigenvalue weighted by Crippen LogP contribution is -2.19. The van der Waals surface area contributed by atoms with Crippen molar-refractivity contribution in [1.82, 2.24) is 9.97 Å². The molecule has 106 valence electrons. The summed E-state index contributed by atoms with van der Waals surface area (Å²) in [5.74, 6) is 1.29. The van der Waals surface area contributed by atoms with Crippen LogP contribution in [0.15, 0.2) is 34.0 Å². The summed E-state index contributed by atoms with van der Waals surface area (Å²) in [6.07, 6.45) is 0.347. The Labute approximate surface area is 122 Å². The number of hydrogen-bond donors (Lipinski definition) is 2. The summed E-state index contributed by atoms with van der Waals surface area (Å²) in [6, 6.07) is 8.22. The van der Waals surface area contributed by atoms with Crippen molar-refractivity contribution >= 4 is 11.8 Å². The van der Waals surface area contributed by atoms with Gasteiger partial charge in [-0.05, 0) is 26.0 Å². The molecule has 2 aromatic rings. The molecule has 0 unspecified atom stereocenters. The molecule has 5 heteroatoms. The number of aromatic amines is 1. The highest BCUT2D eigenvalue weighted by Gasteiger charge is 2.08. The Morgan fingerprint density at radius 2 is 2.15 bits per heavy atom. The molecule has 0 saturated heterocycles. The van der Waals surface area contributed by atoms with E-state index in [1.807, 2.05) is 12.1 Å². The van der Waals surface area contributed by atoms with Gasteiger partial charge in [0.2, 0.25) is 0 Å². The Kier molecular flexibility index (Phi) is 4.98. The first-order valence-electron chi connectivity index (χ1n) is 6.49. The Bertz CT molecular complexity index is 653. The lowest BCUT2D eigenvalue weighted by molar-refractivity contribution is 0.298. The van der Waals surface area contributed by atoms with Gasteiger partial charge in [-0.2, -0.15) is 0 Å². The van der Waals surface area contributed by atoms with Crippen LogP contribution in [0.5, 0.6) is 0 Å².